The lowest BCUT2D eigenvalue weighted by Gasteiger charge is -2.30. The van der Waals surface area contributed by atoms with Gasteiger partial charge in [0.15, 0.2) is 0 Å². The summed E-state index contributed by atoms with van der Waals surface area (Å²) < 4.78 is 0. The van der Waals surface area contributed by atoms with E-state index in [-0.39, 0.29) is 11.5 Å². The Morgan fingerprint density at radius 1 is 1.27 bits per heavy atom. The first-order valence-corrected chi connectivity index (χ1v) is 6.64. The third-order valence-corrected chi connectivity index (χ3v) is 4.65. The van der Waals surface area contributed by atoms with Crippen LogP contribution < -0.4 is 5.73 Å². The molecule has 1 rings (SSSR count). The summed E-state index contributed by atoms with van der Waals surface area (Å²) >= 11 is 1.91. The van der Waals surface area contributed by atoms with E-state index in [0.29, 0.717) is 0 Å². The van der Waals surface area contributed by atoms with Crippen LogP contribution in [0.1, 0.15) is 43.9 Å². The molecule has 0 radical (unpaired) electrons. The second-order valence-corrected chi connectivity index (χ2v) is 6.13. The number of aryl methyl sites for hydroxylation is 1. The zero-order chi connectivity index (χ0) is 11.5. The van der Waals surface area contributed by atoms with E-state index >= 15 is 0 Å². The van der Waals surface area contributed by atoms with Crippen molar-refractivity contribution in [1.29, 1.82) is 0 Å². The van der Waals surface area contributed by atoms with Crippen molar-refractivity contribution in [3.8, 4) is 0 Å². The normalized spacial score (nSPS) is 14.2. The van der Waals surface area contributed by atoms with Crippen LogP contribution in [-0.4, -0.2) is 6.04 Å². The SMILES string of the molecule is CCc1ccc(CC(N)C(C)(C)CC)s1. The standard InChI is InChI=1S/C13H23NS/c1-5-10-7-8-11(15-10)9-12(14)13(3,4)6-2/h7-8,12H,5-6,9,14H2,1-4H3. The molecule has 86 valence electrons. The van der Waals surface area contributed by atoms with Gasteiger partial charge in [0.05, 0.1) is 0 Å². The van der Waals surface area contributed by atoms with Gasteiger partial charge in [-0.3, -0.25) is 0 Å². The second kappa shape index (κ2) is 5.13. The first-order chi connectivity index (χ1) is 6.99. The van der Waals surface area contributed by atoms with Gasteiger partial charge < -0.3 is 5.73 Å². The van der Waals surface area contributed by atoms with Crippen molar-refractivity contribution in [2.75, 3.05) is 0 Å². The average Bonchev–Trinajstić information content (AvgIpc) is 2.65. The molecule has 0 aliphatic heterocycles. The highest BCUT2D eigenvalue weighted by atomic mass is 32.1. The molecule has 0 aliphatic carbocycles. The molecule has 1 aromatic heterocycles. The average molecular weight is 225 g/mol. The molecule has 0 spiro atoms. The van der Waals surface area contributed by atoms with Gasteiger partial charge in [-0.25, -0.2) is 0 Å². The summed E-state index contributed by atoms with van der Waals surface area (Å²) in [7, 11) is 0. The van der Waals surface area contributed by atoms with Crippen LogP contribution in [0.4, 0.5) is 0 Å². The smallest absolute Gasteiger partial charge is 0.0139 e. The maximum Gasteiger partial charge on any atom is 0.0139 e. The van der Waals surface area contributed by atoms with Gasteiger partial charge in [-0.05, 0) is 36.8 Å². The highest BCUT2D eigenvalue weighted by Crippen LogP contribution is 2.27. The molecule has 1 aromatic rings. The van der Waals surface area contributed by atoms with Crippen molar-refractivity contribution in [3.05, 3.63) is 21.9 Å². The summed E-state index contributed by atoms with van der Waals surface area (Å²) in [5.74, 6) is 0. The number of rotatable bonds is 5. The van der Waals surface area contributed by atoms with Gasteiger partial charge in [-0.2, -0.15) is 0 Å². The molecular formula is C13H23NS. The van der Waals surface area contributed by atoms with Crippen LogP contribution in [0.5, 0.6) is 0 Å². The Labute approximate surface area is 97.7 Å². The minimum absolute atomic E-state index is 0.246. The largest absolute Gasteiger partial charge is 0.327 e. The lowest BCUT2D eigenvalue weighted by atomic mass is 9.80. The Hall–Kier alpha value is -0.340. The van der Waals surface area contributed by atoms with Gasteiger partial charge in [0.25, 0.3) is 0 Å². The summed E-state index contributed by atoms with van der Waals surface area (Å²) in [6.45, 7) is 8.93. The summed E-state index contributed by atoms with van der Waals surface area (Å²) in [5, 5.41) is 0. The Bertz CT molecular complexity index is 301. The molecule has 1 nitrogen and oxygen atoms in total. The van der Waals surface area contributed by atoms with E-state index < -0.39 is 0 Å². The van der Waals surface area contributed by atoms with E-state index in [4.69, 9.17) is 5.73 Å². The Morgan fingerprint density at radius 3 is 2.33 bits per heavy atom. The van der Waals surface area contributed by atoms with Crippen molar-refractivity contribution < 1.29 is 0 Å². The fraction of sp³-hybridized carbons (Fsp3) is 0.692. The third kappa shape index (κ3) is 3.32. The zero-order valence-electron chi connectivity index (χ0n) is 10.3. The zero-order valence-corrected chi connectivity index (χ0v) is 11.2. The molecule has 0 amide bonds. The van der Waals surface area contributed by atoms with Crippen LogP contribution >= 0.6 is 11.3 Å². The molecular weight excluding hydrogens is 202 g/mol. The van der Waals surface area contributed by atoms with Crippen molar-refractivity contribution in [2.24, 2.45) is 11.1 Å². The highest BCUT2D eigenvalue weighted by molar-refractivity contribution is 7.11. The molecule has 2 heteroatoms. The molecule has 0 saturated heterocycles. The van der Waals surface area contributed by atoms with E-state index in [1.54, 1.807) is 0 Å². The minimum Gasteiger partial charge on any atom is -0.327 e. The van der Waals surface area contributed by atoms with Gasteiger partial charge >= 0.3 is 0 Å². The fourth-order valence-corrected chi connectivity index (χ4v) is 2.49. The molecule has 0 aliphatic rings. The molecule has 1 atom stereocenters. The Balaban J connectivity index is 2.61. The van der Waals surface area contributed by atoms with Crippen LogP contribution in [0.2, 0.25) is 0 Å². The van der Waals surface area contributed by atoms with Crippen LogP contribution in [0.25, 0.3) is 0 Å². The Kier molecular flexibility index (Phi) is 4.35. The highest BCUT2D eigenvalue weighted by Gasteiger charge is 2.24. The van der Waals surface area contributed by atoms with Crippen LogP contribution in [0, 0.1) is 5.41 Å². The van der Waals surface area contributed by atoms with Crippen molar-refractivity contribution in [3.63, 3.8) is 0 Å². The number of nitrogens with two attached hydrogens (primary N) is 1. The molecule has 15 heavy (non-hydrogen) atoms. The van der Waals surface area contributed by atoms with Gasteiger partial charge in [0.1, 0.15) is 0 Å². The summed E-state index contributed by atoms with van der Waals surface area (Å²) in [6.07, 6.45) is 3.29. The first-order valence-electron chi connectivity index (χ1n) is 5.82. The number of hydrogen-bond acceptors (Lipinski definition) is 2. The summed E-state index contributed by atoms with van der Waals surface area (Å²) in [5.41, 5.74) is 6.50. The maximum atomic E-state index is 6.25. The van der Waals surface area contributed by atoms with Gasteiger partial charge in [-0.15, -0.1) is 11.3 Å². The topological polar surface area (TPSA) is 26.0 Å². The van der Waals surface area contributed by atoms with E-state index in [2.05, 4.69) is 39.8 Å². The van der Waals surface area contributed by atoms with Gasteiger partial charge in [0.2, 0.25) is 0 Å². The van der Waals surface area contributed by atoms with E-state index in [0.717, 1.165) is 19.3 Å². The van der Waals surface area contributed by atoms with E-state index in [9.17, 15) is 0 Å². The predicted octanol–water partition coefficient (Wildman–Crippen LogP) is 3.62. The third-order valence-electron chi connectivity index (χ3n) is 3.40. The quantitative estimate of drug-likeness (QED) is 0.814. The van der Waals surface area contributed by atoms with Crippen molar-refractivity contribution in [1.82, 2.24) is 0 Å². The molecule has 0 aromatic carbocycles. The van der Waals surface area contributed by atoms with Crippen molar-refractivity contribution in [2.45, 2.75) is 53.0 Å². The molecule has 1 unspecified atom stereocenters. The lowest BCUT2D eigenvalue weighted by molar-refractivity contribution is 0.273. The monoisotopic (exact) mass is 225 g/mol. The first kappa shape index (κ1) is 12.7. The van der Waals surface area contributed by atoms with Crippen molar-refractivity contribution >= 4 is 11.3 Å². The van der Waals surface area contributed by atoms with Crippen LogP contribution in [0.15, 0.2) is 12.1 Å². The maximum absolute atomic E-state index is 6.25. The van der Waals surface area contributed by atoms with E-state index in [1.165, 1.54) is 9.75 Å². The van der Waals surface area contributed by atoms with E-state index in [1.807, 2.05) is 11.3 Å². The number of thiophene rings is 1. The predicted molar refractivity (Wildman–Crippen MR) is 69.4 cm³/mol. The molecule has 0 bridgehead atoms. The van der Waals surface area contributed by atoms with Crippen LogP contribution in [-0.2, 0) is 12.8 Å². The summed E-state index contributed by atoms with van der Waals surface area (Å²) in [4.78, 5) is 2.90. The van der Waals surface area contributed by atoms with Crippen LogP contribution in [0.3, 0.4) is 0 Å². The second-order valence-electron chi connectivity index (χ2n) is 4.87. The Morgan fingerprint density at radius 2 is 1.87 bits per heavy atom. The molecule has 2 N–H and O–H groups in total. The van der Waals surface area contributed by atoms with Gasteiger partial charge in [0, 0.05) is 15.8 Å². The molecule has 0 saturated carbocycles. The minimum atomic E-state index is 0.246. The lowest BCUT2D eigenvalue weighted by Crippen LogP contribution is -2.38. The molecule has 1 heterocycles. The number of hydrogen-bond donors (Lipinski definition) is 1. The summed E-state index contributed by atoms with van der Waals surface area (Å²) in [6, 6.07) is 4.73. The fourth-order valence-electron chi connectivity index (χ4n) is 1.48. The molecule has 0 fully saturated rings. The van der Waals surface area contributed by atoms with Gasteiger partial charge in [-0.1, -0.05) is 27.7 Å².